The van der Waals surface area contributed by atoms with Crippen molar-refractivity contribution < 1.29 is 14.6 Å². The lowest BCUT2D eigenvalue weighted by atomic mass is 10.2. The van der Waals surface area contributed by atoms with E-state index in [4.69, 9.17) is 27.2 Å². The molecule has 0 saturated carbocycles. The zero-order valence-corrected chi connectivity index (χ0v) is 12.6. The summed E-state index contributed by atoms with van der Waals surface area (Å²) in [6.45, 7) is 0.276. The van der Waals surface area contributed by atoms with Gasteiger partial charge in [0.05, 0.1) is 5.56 Å². The highest BCUT2D eigenvalue weighted by Crippen LogP contribution is 2.24. The molecule has 2 aromatic carbocycles. The van der Waals surface area contributed by atoms with Crippen molar-refractivity contribution in [2.75, 3.05) is 5.73 Å². The maximum Gasteiger partial charge on any atom is 0.337 e. The highest BCUT2D eigenvalue weighted by molar-refractivity contribution is 9.10. The van der Waals surface area contributed by atoms with Gasteiger partial charge in [-0.15, -0.1) is 0 Å². The van der Waals surface area contributed by atoms with Crippen LogP contribution in [0, 0.1) is 0 Å². The summed E-state index contributed by atoms with van der Waals surface area (Å²) in [5.74, 6) is -0.573. The third-order valence-corrected chi connectivity index (χ3v) is 3.51. The molecule has 2 aromatic rings. The van der Waals surface area contributed by atoms with Gasteiger partial charge in [-0.05, 0) is 24.3 Å². The molecule has 0 spiro atoms. The number of nitrogens with two attached hydrogens (primary N) is 1. The van der Waals surface area contributed by atoms with Crippen molar-refractivity contribution in [2.45, 2.75) is 6.61 Å². The van der Waals surface area contributed by atoms with Gasteiger partial charge in [-0.25, -0.2) is 4.79 Å². The van der Waals surface area contributed by atoms with Crippen LogP contribution < -0.4 is 10.5 Å². The highest BCUT2D eigenvalue weighted by Gasteiger charge is 2.09. The van der Waals surface area contributed by atoms with Crippen molar-refractivity contribution in [3.63, 3.8) is 0 Å². The number of anilines is 1. The number of benzene rings is 2. The van der Waals surface area contributed by atoms with Crippen LogP contribution in [0.15, 0.2) is 40.9 Å². The van der Waals surface area contributed by atoms with E-state index in [0.29, 0.717) is 10.8 Å². The van der Waals surface area contributed by atoms with Crippen LogP contribution in [0.3, 0.4) is 0 Å². The third kappa shape index (κ3) is 3.43. The molecule has 3 N–H and O–H groups in total. The molecule has 0 aliphatic heterocycles. The Labute approximate surface area is 129 Å². The van der Waals surface area contributed by atoms with Gasteiger partial charge in [0.15, 0.2) is 0 Å². The number of rotatable bonds is 4. The van der Waals surface area contributed by atoms with Crippen LogP contribution in [0.4, 0.5) is 5.69 Å². The van der Waals surface area contributed by atoms with Gasteiger partial charge in [0, 0.05) is 26.8 Å². The van der Waals surface area contributed by atoms with Crippen LogP contribution in [0.25, 0.3) is 0 Å². The molecule has 2 rings (SSSR count). The Bertz CT molecular complexity index is 661. The van der Waals surface area contributed by atoms with Gasteiger partial charge in [-0.1, -0.05) is 33.6 Å². The highest BCUT2D eigenvalue weighted by atomic mass is 79.9. The lowest BCUT2D eigenvalue weighted by molar-refractivity contribution is 0.0698. The molecule has 104 valence electrons. The fourth-order valence-corrected chi connectivity index (χ4v) is 2.35. The molecular weight excluding hydrogens is 346 g/mol. The van der Waals surface area contributed by atoms with Crippen LogP contribution in [-0.4, -0.2) is 11.1 Å². The second-order valence-corrected chi connectivity index (χ2v) is 5.40. The molecule has 0 amide bonds. The molecule has 0 heterocycles. The second-order valence-electron chi connectivity index (χ2n) is 4.08. The molecule has 0 saturated heterocycles. The van der Waals surface area contributed by atoms with E-state index in [-0.39, 0.29) is 17.9 Å². The van der Waals surface area contributed by atoms with Crippen molar-refractivity contribution >= 4 is 39.2 Å². The van der Waals surface area contributed by atoms with Gasteiger partial charge in [0.25, 0.3) is 0 Å². The summed E-state index contributed by atoms with van der Waals surface area (Å²) >= 11 is 9.41. The molecule has 6 heteroatoms. The Morgan fingerprint density at radius 2 is 2.05 bits per heavy atom. The number of carboxylic acid groups (broad SMARTS) is 1. The molecule has 0 bridgehead atoms. The van der Waals surface area contributed by atoms with Gasteiger partial charge in [0.1, 0.15) is 12.4 Å². The Morgan fingerprint density at radius 3 is 2.65 bits per heavy atom. The Kier molecular flexibility index (Phi) is 4.52. The first-order valence-corrected chi connectivity index (χ1v) is 6.84. The van der Waals surface area contributed by atoms with Crippen LogP contribution in [0.2, 0.25) is 5.02 Å². The number of carboxylic acids is 1. The van der Waals surface area contributed by atoms with Crippen LogP contribution in [-0.2, 0) is 6.61 Å². The van der Waals surface area contributed by atoms with Crippen molar-refractivity contribution in [1.82, 2.24) is 0 Å². The number of hydrogen-bond acceptors (Lipinski definition) is 3. The number of hydrogen-bond donors (Lipinski definition) is 2. The molecule has 4 nitrogen and oxygen atoms in total. The first-order valence-electron chi connectivity index (χ1n) is 5.67. The largest absolute Gasteiger partial charge is 0.489 e. The third-order valence-electron chi connectivity index (χ3n) is 2.66. The van der Waals surface area contributed by atoms with Crippen LogP contribution in [0.5, 0.6) is 5.75 Å². The summed E-state index contributed by atoms with van der Waals surface area (Å²) < 4.78 is 6.45. The van der Waals surface area contributed by atoms with E-state index in [1.807, 2.05) is 12.1 Å². The number of nitrogen functional groups attached to an aromatic ring is 1. The monoisotopic (exact) mass is 355 g/mol. The molecule has 0 unspecified atom stereocenters. The summed E-state index contributed by atoms with van der Waals surface area (Å²) in [4.78, 5) is 10.8. The first kappa shape index (κ1) is 14.7. The van der Waals surface area contributed by atoms with E-state index in [1.165, 1.54) is 12.1 Å². The fraction of sp³-hybridized carbons (Fsp3) is 0.0714. The molecule has 0 aromatic heterocycles. The van der Waals surface area contributed by atoms with Gasteiger partial charge < -0.3 is 15.6 Å². The SMILES string of the molecule is Nc1cc(OCc2ccc(Br)cc2Cl)ccc1C(=O)O. The molecule has 20 heavy (non-hydrogen) atoms. The summed E-state index contributed by atoms with van der Waals surface area (Å²) in [5, 5.41) is 9.48. The molecule has 0 radical (unpaired) electrons. The maximum absolute atomic E-state index is 10.8. The minimum Gasteiger partial charge on any atom is -0.489 e. The van der Waals surface area contributed by atoms with Gasteiger partial charge in [-0.3, -0.25) is 0 Å². The number of ether oxygens (including phenoxy) is 1. The Balaban J connectivity index is 2.11. The number of halogens is 2. The van der Waals surface area contributed by atoms with Crippen molar-refractivity contribution in [2.24, 2.45) is 0 Å². The summed E-state index contributed by atoms with van der Waals surface area (Å²) in [7, 11) is 0. The smallest absolute Gasteiger partial charge is 0.337 e. The molecule has 0 aliphatic rings. The summed E-state index contributed by atoms with van der Waals surface area (Å²) in [6.07, 6.45) is 0. The first-order chi connectivity index (χ1) is 9.47. The van der Waals surface area contributed by atoms with E-state index < -0.39 is 5.97 Å². The van der Waals surface area contributed by atoms with Crippen LogP contribution >= 0.6 is 27.5 Å². The number of carbonyl (C=O) groups is 1. The summed E-state index contributed by atoms with van der Waals surface area (Å²) in [6, 6.07) is 9.95. The molecule has 0 aliphatic carbocycles. The van der Waals surface area contributed by atoms with E-state index in [9.17, 15) is 4.79 Å². The van der Waals surface area contributed by atoms with Gasteiger partial charge in [-0.2, -0.15) is 0 Å². The van der Waals surface area contributed by atoms with E-state index in [2.05, 4.69) is 15.9 Å². The lowest BCUT2D eigenvalue weighted by Gasteiger charge is -2.09. The van der Waals surface area contributed by atoms with E-state index >= 15 is 0 Å². The minimum absolute atomic E-state index is 0.0547. The van der Waals surface area contributed by atoms with Crippen molar-refractivity contribution in [3.8, 4) is 5.75 Å². The second kappa shape index (κ2) is 6.15. The average Bonchev–Trinajstić information content (AvgIpc) is 2.37. The van der Waals surface area contributed by atoms with Gasteiger partial charge in [0.2, 0.25) is 0 Å². The number of aromatic carboxylic acids is 1. The molecule has 0 atom stereocenters. The lowest BCUT2D eigenvalue weighted by Crippen LogP contribution is -2.03. The van der Waals surface area contributed by atoms with E-state index in [1.54, 1.807) is 12.1 Å². The fourth-order valence-electron chi connectivity index (χ4n) is 1.63. The normalized spacial score (nSPS) is 10.3. The predicted octanol–water partition coefficient (Wildman–Crippen LogP) is 3.96. The predicted molar refractivity (Wildman–Crippen MR) is 81.3 cm³/mol. The molecular formula is C14H11BrClNO3. The zero-order chi connectivity index (χ0) is 14.7. The Morgan fingerprint density at radius 1 is 1.30 bits per heavy atom. The summed E-state index contributed by atoms with van der Waals surface area (Å²) in [5.41, 5.74) is 6.70. The van der Waals surface area contributed by atoms with Crippen LogP contribution in [0.1, 0.15) is 15.9 Å². The Hall–Kier alpha value is -1.72. The van der Waals surface area contributed by atoms with Crippen molar-refractivity contribution in [3.05, 3.63) is 57.0 Å². The minimum atomic E-state index is -1.06. The average molecular weight is 357 g/mol. The quantitative estimate of drug-likeness (QED) is 0.813. The standard InChI is InChI=1S/C14H11BrClNO3/c15-9-2-1-8(12(16)5-9)7-20-10-3-4-11(14(18)19)13(17)6-10/h1-6H,7,17H2,(H,18,19). The zero-order valence-electron chi connectivity index (χ0n) is 10.3. The maximum atomic E-state index is 10.8. The molecule has 0 fully saturated rings. The topological polar surface area (TPSA) is 72.5 Å². The van der Waals surface area contributed by atoms with Crippen molar-refractivity contribution in [1.29, 1.82) is 0 Å². The van der Waals surface area contributed by atoms with Gasteiger partial charge >= 0.3 is 5.97 Å². The van der Waals surface area contributed by atoms with E-state index in [0.717, 1.165) is 10.0 Å².